The van der Waals surface area contributed by atoms with Crippen molar-refractivity contribution in [3.8, 4) is 6.07 Å². The second kappa shape index (κ2) is 7.28. The van der Waals surface area contributed by atoms with Gasteiger partial charge < -0.3 is 10.4 Å². The van der Waals surface area contributed by atoms with Crippen LogP contribution in [0.3, 0.4) is 0 Å². The number of hydrogen-bond donors (Lipinski definition) is 2. The molecular formula is C13H17N3O2. The number of pyridine rings is 1. The molecule has 0 aliphatic rings. The average molecular weight is 247 g/mol. The van der Waals surface area contributed by atoms with Gasteiger partial charge in [-0.2, -0.15) is 5.26 Å². The lowest BCUT2D eigenvalue weighted by atomic mass is 10.0. The summed E-state index contributed by atoms with van der Waals surface area (Å²) in [6.07, 6.45) is 4.96. The fraction of sp³-hybridized carbons (Fsp3) is 0.462. The van der Waals surface area contributed by atoms with Gasteiger partial charge in [-0.25, -0.2) is 0 Å². The Morgan fingerprint density at radius 2 is 2.39 bits per heavy atom. The van der Waals surface area contributed by atoms with E-state index in [9.17, 15) is 4.79 Å². The number of nitrogens with one attached hydrogen (secondary N) is 1. The van der Waals surface area contributed by atoms with Gasteiger partial charge in [-0.15, -0.1) is 0 Å². The van der Waals surface area contributed by atoms with Gasteiger partial charge in [-0.1, -0.05) is 6.92 Å². The van der Waals surface area contributed by atoms with E-state index in [4.69, 9.17) is 10.4 Å². The van der Waals surface area contributed by atoms with Crippen LogP contribution < -0.4 is 5.32 Å². The highest BCUT2D eigenvalue weighted by molar-refractivity contribution is 5.66. The standard InChI is InChI=1S/C13H17N3O2/c1-10(2-3-13(17)18)4-7-16-12-9-15-6-5-11(12)8-14/h5-6,9-10,16H,2-4,7H2,1H3,(H,17,18). The molecule has 0 aliphatic carbocycles. The molecule has 2 N–H and O–H groups in total. The van der Waals surface area contributed by atoms with Crippen LogP contribution in [0.5, 0.6) is 0 Å². The number of nitriles is 1. The first-order valence-electron chi connectivity index (χ1n) is 5.93. The molecule has 1 aromatic heterocycles. The largest absolute Gasteiger partial charge is 0.481 e. The summed E-state index contributed by atoms with van der Waals surface area (Å²) in [6, 6.07) is 3.76. The molecule has 5 nitrogen and oxygen atoms in total. The van der Waals surface area contributed by atoms with Crippen LogP contribution in [-0.4, -0.2) is 22.6 Å². The molecule has 0 fully saturated rings. The van der Waals surface area contributed by atoms with E-state index in [0.717, 1.165) is 12.1 Å². The zero-order valence-corrected chi connectivity index (χ0v) is 10.4. The van der Waals surface area contributed by atoms with Crippen molar-refractivity contribution in [2.24, 2.45) is 5.92 Å². The average Bonchev–Trinajstić information content (AvgIpc) is 2.37. The fourth-order valence-corrected chi connectivity index (χ4v) is 1.60. The highest BCUT2D eigenvalue weighted by Gasteiger charge is 2.06. The van der Waals surface area contributed by atoms with E-state index in [2.05, 4.69) is 16.4 Å². The normalized spacial score (nSPS) is 11.6. The summed E-state index contributed by atoms with van der Waals surface area (Å²) in [5, 5.41) is 20.6. The first-order valence-corrected chi connectivity index (χ1v) is 5.93. The van der Waals surface area contributed by atoms with E-state index in [1.807, 2.05) is 6.92 Å². The van der Waals surface area contributed by atoms with Crippen LogP contribution in [0.15, 0.2) is 18.5 Å². The number of hydrogen-bond acceptors (Lipinski definition) is 4. The van der Waals surface area contributed by atoms with Crippen molar-refractivity contribution >= 4 is 11.7 Å². The molecule has 1 rings (SSSR count). The van der Waals surface area contributed by atoms with Crippen molar-refractivity contribution in [3.63, 3.8) is 0 Å². The Bertz CT molecular complexity index is 440. The number of carboxylic acid groups (broad SMARTS) is 1. The predicted molar refractivity (Wildman–Crippen MR) is 68.1 cm³/mol. The van der Waals surface area contributed by atoms with Gasteiger partial charge in [0.2, 0.25) is 0 Å². The number of carboxylic acids is 1. The highest BCUT2D eigenvalue weighted by Crippen LogP contribution is 2.14. The Morgan fingerprint density at radius 3 is 3.06 bits per heavy atom. The van der Waals surface area contributed by atoms with E-state index in [0.29, 0.717) is 24.4 Å². The Hall–Kier alpha value is -2.09. The molecule has 0 saturated carbocycles. The van der Waals surface area contributed by atoms with Gasteiger partial charge >= 0.3 is 5.97 Å². The highest BCUT2D eigenvalue weighted by atomic mass is 16.4. The summed E-state index contributed by atoms with van der Waals surface area (Å²) >= 11 is 0. The van der Waals surface area contributed by atoms with Crippen molar-refractivity contribution in [2.75, 3.05) is 11.9 Å². The number of anilines is 1. The smallest absolute Gasteiger partial charge is 0.303 e. The Morgan fingerprint density at radius 1 is 1.61 bits per heavy atom. The minimum absolute atomic E-state index is 0.206. The number of aromatic nitrogens is 1. The fourth-order valence-electron chi connectivity index (χ4n) is 1.60. The van der Waals surface area contributed by atoms with Crippen molar-refractivity contribution in [3.05, 3.63) is 24.0 Å². The molecule has 1 unspecified atom stereocenters. The van der Waals surface area contributed by atoms with Crippen LogP contribution in [0, 0.1) is 17.2 Å². The third kappa shape index (κ3) is 4.83. The third-order valence-electron chi connectivity index (χ3n) is 2.75. The topological polar surface area (TPSA) is 86.0 Å². The maximum atomic E-state index is 10.4. The van der Waals surface area contributed by atoms with Crippen molar-refractivity contribution in [2.45, 2.75) is 26.2 Å². The summed E-state index contributed by atoms with van der Waals surface area (Å²) in [5.74, 6) is -0.412. The van der Waals surface area contributed by atoms with Crippen LogP contribution in [0.4, 0.5) is 5.69 Å². The molecule has 0 amide bonds. The molecule has 0 bridgehead atoms. The number of rotatable bonds is 7. The lowest BCUT2D eigenvalue weighted by Gasteiger charge is -2.12. The minimum Gasteiger partial charge on any atom is -0.481 e. The first-order chi connectivity index (χ1) is 8.63. The molecule has 0 aliphatic heterocycles. The van der Waals surface area contributed by atoms with Crippen LogP contribution in [-0.2, 0) is 4.79 Å². The van der Waals surface area contributed by atoms with Crippen LogP contribution in [0.25, 0.3) is 0 Å². The van der Waals surface area contributed by atoms with Crippen LogP contribution in [0.2, 0.25) is 0 Å². The lowest BCUT2D eigenvalue weighted by molar-refractivity contribution is -0.137. The van der Waals surface area contributed by atoms with Gasteiger partial charge in [0.15, 0.2) is 0 Å². The zero-order chi connectivity index (χ0) is 13.4. The Balaban J connectivity index is 2.33. The third-order valence-corrected chi connectivity index (χ3v) is 2.75. The second-order valence-electron chi connectivity index (χ2n) is 4.29. The summed E-state index contributed by atoms with van der Waals surface area (Å²) in [7, 11) is 0. The van der Waals surface area contributed by atoms with E-state index in [1.165, 1.54) is 0 Å². The molecule has 0 radical (unpaired) electrons. The number of aliphatic carboxylic acids is 1. The Kier molecular flexibility index (Phi) is 5.65. The zero-order valence-electron chi connectivity index (χ0n) is 10.4. The van der Waals surface area contributed by atoms with Crippen LogP contribution >= 0.6 is 0 Å². The van der Waals surface area contributed by atoms with Gasteiger partial charge in [0.25, 0.3) is 0 Å². The molecule has 5 heteroatoms. The molecule has 0 aromatic carbocycles. The molecule has 1 atom stereocenters. The molecule has 1 aromatic rings. The second-order valence-corrected chi connectivity index (χ2v) is 4.29. The molecule has 0 saturated heterocycles. The van der Waals surface area contributed by atoms with Gasteiger partial charge in [0.05, 0.1) is 17.4 Å². The summed E-state index contributed by atoms with van der Waals surface area (Å²) in [5.41, 5.74) is 1.30. The summed E-state index contributed by atoms with van der Waals surface area (Å²) in [4.78, 5) is 14.4. The molecule has 96 valence electrons. The molecular weight excluding hydrogens is 230 g/mol. The number of nitrogens with zero attached hydrogens (tertiary/aromatic N) is 2. The van der Waals surface area contributed by atoms with Gasteiger partial charge in [-0.3, -0.25) is 9.78 Å². The lowest BCUT2D eigenvalue weighted by Crippen LogP contribution is -2.09. The van der Waals surface area contributed by atoms with Crippen molar-refractivity contribution in [1.29, 1.82) is 5.26 Å². The first kappa shape index (κ1) is 14.0. The SMILES string of the molecule is CC(CCNc1cnccc1C#N)CCC(=O)O. The molecule has 0 spiro atoms. The number of carbonyl (C=O) groups is 1. The van der Waals surface area contributed by atoms with Crippen molar-refractivity contribution in [1.82, 2.24) is 4.98 Å². The summed E-state index contributed by atoms with van der Waals surface area (Å²) < 4.78 is 0. The van der Waals surface area contributed by atoms with Gasteiger partial charge in [0.1, 0.15) is 6.07 Å². The summed E-state index contributed by atoms with van der Waals surface area (Å²) in [6.45, 7) is 2.74. The van der Waals surface area contributed by atoms with E-state index < -0.39 is 5.97 Å². The van der Waals surface area contributed by atoms with Gasteiger partial charge in [0, 0.05) is 19.2 Å². The maximum Gasteiger partial charge on any atom is 0.303 e. The van der Waals surface area contributed by atoms with Gasteiger partial charge in [-0.05, 0) is 24.8 Å². The van der Waals surface area contributed by atoms with E-state index in [1.54, 1.807) is 18.5 Å². The van der Waals surface area contributed by atoms with Crippen LogP contribution in [0.1, 0.15) is 31.7 Å². The van der Waals surface area contributed by atoms with E-state index >= 15 is 0 Å². The maximum absolute atomic E-state index is 10.4. The Labute approximate surface area is 106 Å². The predicted octanol–water partition coefficient (Wildman–Crippen LogP) is 2.26. The quantitative estimate of drug-likeness (QED) is 0.771. The molecule has 1 heterocycles. The monoisotopic (exact) mass is 247 g/mol. The van der Waals surface area contributed by atoms with E-state index in [-0.39, 0.29) is 6.42 Å². The minimum atomic E-state index is -0.756. The van der Waals surface area contributed by atoms with Crippen molar-refractivity contribution < 1.29 is 9.90 Å². The molecule has 18 heavy (non-hydrogen) atoms.